The van der Waals surface area contributed by atoms with Crippen LogP contribution in [0.1, 0.15) is 21.6 Å². The number of amides is 1. The van der Waals surface area contributed by atoms with E-state index in [9.17, 15) is 13.6 Å². The molecule has 2 N–H and O–H groups in total. The van der Waals surface area contributed by atoms with Crippen molar-refractivity contribution < 1.29 is 18.3 Å². The van der Waals surface area contributed by atoms with E-state index in [-0.39, 0.29) is 11.7 Å². The van der Waals surface area contributed by atoms with Gasteiger partial charge < -0.3 is 10.1 Å². The molecule has 1 amide bonds. The quantitative estimate of drug-likeness (QED) is 0.905. The minimum absolute atomic E-state index is 0.00310. The number of hydrogen-bond acceptors (Lipinski definition) is 3. The van der Waals surface area contributed by atoms with Crippen molar-refractivity contribution in [3.63, 3.8) is 0 Å². The van der Waals surface area contributed by atoms with Crippen molar-refractivity contribution >= 4 is 11.7 Å². The van der Waals surface area contributed by atoms with E-state index in [1.165, 1.54) is 24.3 Å². The van der Waals surface area contributed by atoms with Crippen molar-refractivity contribution in [2.75, 3.05) is 5.32 Å². The van der Waals surface area contributed by atoms with Crippen LogP contribution in [0, 0.1) is 13.8 Å². The largest absolute Gasteiger partial charge is 0.435 e. The fourth-order valence-electron chi connectivity index (χ4n) is 1.57. The van der Waals surface area contributed by atoms with Gasteiger partial charge in [-0.15, -0.1) is 0 Å². The standard InChI is InChI=1S/C13H13F2N3O2/c1-7-8(2)17-18-11(7)16-12(19)9-3-5-10(6-4-9)20-13(14)15/h3-6,13H,1-2H3,(H2,16,17,18,19). The number of nitrogens with zero attached hydrogens (tertiary/aromatic N) is 1. The molecule has 106 valence electrons. The highest BCUT2D eigenvalue weighted by Crippen LogP contribution is 2.17. The van der Waals surface area contributed by atoms with Crippen LogP contribution in [-0.2, 0) is 0 Å². The predicted molar refractivity (Wildman–Crippen MR) is 69.1 cm³/mol. The second kappa shape index (κ2) is 5.68. The summed E-state index contributed by atoms with van der Waals surface area (Å²) >= 11 is 0. The monoisotopic (exact) mass is 281 g/mol. The minimum atomic E-state index is -2.88. The van der Waals surface area contributed by atoms with Crippen LogP contribution in [0.5, 0.6) is 5.75 Å². The van der Waals surface area contributed by atoms with Crippen LogP contribution < -0.4 is 10.1 Å². The lowest BCUT2D eigenvalue weighted by Crippen LogP contribution is -2.13. The van der Waals surface area contributed by atoms with E-state index >= 15 is 0 Å². The van der Waals surface area contributed by atoms with Gasteiger partial charge >= 0.3 is 6.61 Å². The highest BCUT2D eigenvalue weighted by molar-refractivity contribution is 6.04. The van der Waals surface area contributed by atoms with Crippen LogP contribution >= 0.6 is 0 Å². The molecular formula is C13H13F2N3O2. The molecule has 0 aliphatic rings. The first-order valence-electron chi connectivity index (χ1n) is 5.85. The minimum Gasteiger partial charge on any atom is -0.435 e. The number of benzene rings is 1. The average molecular weight is 281 g/mol. The Kier molecular flexibility index (Phi) is 3.97. The lowest BCUT2D eigenvalue weighted by atomic mass is 10.2. The van der Waals surface area contributed by atoms with Crippen molar-refractivity contribution in [3.05, 3.63) is 41.1 Å². The third kappa shape index (κ3) is 3.11. The normalized spacial score (nSPS) is 10.7. The molecule has 0 unspecified atom stereocenters. The van der Waals surface area contributed by atoms with Gasteiger partial charge in [0.15, 0.2) is 5.82 Å². The van der Waals surface area contributed by atoms with Crippen molar-refractivity contribution in [2.24, 2.45) is 0 Å². The topological polar surface area (TPSA) is 67.0 Å². The molecule has 2 aromatic rings. The summed E-state index contributed by atoms with van der Waals surface area (Å²) in [7, 11) is 0. The number of alkyl halides is 2. The molecule has 0 spiro atoms. The van der Waals surface area contributed by atoms with Crippen LogP contribution in [0.25, 0.3) is 0 Å². The van der Waals surface area contributed by atoms with Gasteiger partial charge in [-0.25, -0.2) is 0 Å². The van der Waals surface area contributed by atoms with Crippen LogP contribution in [0.3, 0.4) is 0 Å². The summed E-state index contributed by atoms with van der Waals surface area (Å²) in [5.41, 5.74) is 2.03. The second-order valence-electron chi connectivity index (χ2n) is 4.18. The molecule has 0 radical (unpaired) electrons. The molecule has 1 aromatic heterocycles. The fourth-order valence-corrected chi connectivity index (χ4v) is 1.57. The molecular weight excluding hydrogens is 268 g/mol. The molecule has 0 fully saturated rings. The molecule has 2 rings (SSSR count). The Bertz CT molecular complexity index is 609. The van der Waals surface area contributed by atoms with Crippen LogP contribution in [0.2, 0.25) is 0 Å². The third-order valence-corrected chi connectivity index (χ3v) is 2.83. The van der Waals surface area contributed by atoms with Crippen LogP contribution in [-0.4, -0.2) is 22.7 Å². The zero-order valence-electron chi connectivity index (χ0n) is 10.9. The van der Waals surface area contributed by atoms with Gasteiger partial charge in [0.2, 0.25) is 0 Å². The molecule has 0 atom stereocenters. The SMILES string of the molecule is Cc1[nH]nc(NC(=O)c2ccc(OC(F)F)cc2)c1C. The maximum atomic E-state index is 12.0. The molecule has 1 heterocycles. The summed E-state index contributed by atoms with van der Waals surface area (Å²) in [6.45, 7) is 0.784. The van der Waals surface area contributed by atoms with E-state index in [1.54, 1.807) is 0 Å². The zero-order valence-corrected chi connectivity index (χ0v) is 10.9. The molecule has 0 bridgehead atoms. The molecule has 0 saturated heterocycles. The highest BCUT2D eigenvalue weighted by atomic mass is 19.3. The van der Waals surface area contributed by atoms with E-state index in [1.807, 2.05) is 13.8 Å². The lowest BCUT2D eigenvalue weighted by molar-refractivity contribution is -0.0498. The van der Waals surface area contributed by atoms with E-state index < -0.39 is 6.61 Å². The molecule has 0 aliphatic carbocycles. The van der Waals surface area contributed by atoms with Gasteiger partial charge in [-0.05, 0) is 38.1 Å². The number of aryl methyl sites for hydroxylation is 1. The van der Waals surface area contributed by atoms with Crippen molar-refractivity contribution in [1.82, 2.24) is 10.2 Å². The first kappa shape index (κ1) is 14.0. The Balaban J connectivity index is 2.08. The summed E-state index contributed by atoms with van der Waals surface area (Å²) in [6.07, 6.45) is 0. The highest BCUT2D eigenvalue weighted by Gasteiger charge is 2.12. The number of anilines is 1. The van der Waals surface area contributed by atoms with Gasteiger partial charge in [0, 0.05) is 16.8 Å². The van der Waals surface area contributed by atoms with Crippen molar-refractivity contribution in [3.8, 4) is 5.75 Å². The van der Waals surface area contributed by atoms with Gasteiger partial charge in [0.05, 0.1) is 0 Å². The molecule has 7 heteroatoms. The Morgan fingerprint density at radius 1 is 1.30 bits per heavy atom. The number of ether oxygens (including phenoxy) is 1. The van der Waals surface area contributed by atoms with Gasteiger partial charge in [0.25, 0.3) is 5.91 Å². The maximum Gasteiger partial charge on any atom is 0.387 e. The zero-order chi connectivity index (χ0) is 14.7. The van der Waals surface area contributed by atoms with E-state index in [2.05, 4.69) is 20.3 Å². The number of hydrogen-bond donors (Lipinski definition) is 2. The summed E-state index contributed by atoms with van der Waals surface area (Å²) in [5.74, 6) is 0.0759. The number of nitrogens with one attached hydrogen (secondary N) is 2. The Morgan fingerprint density at radius 2 is 1.95 bits per heavy atom. The van der Waals surface area contributed by atoms with E-state index in [0.29, 0.717) is 11.4 Å². The van der Waals surface area contributed by atoms with Gasteiger partial charge in [-0.1, -0.05) is 0 Å². The maximum absolute atomic E-state index is 12.0. The van der Waals surface area contributed by atoms with Crippen molar-refractivity contribution in [1.29, 1.82) is 0 Å². The number of carbonyl (C=O) groups excluding carboxylic acids is 1. The van der Waals surface area contributed by atoms with Crippen LogP contribution in [0.4, 0.5) is 14.6 Å². The molecule has 0 aliphatic heterocycles. The molecule has 1 aromatic carbocycles. The number of aromatic nitrogens is 2. The van der Waals surface area contributed by atoms with Crippen molar-refractivity contribution in [2.45, 2.75) is 20.5 Å². The Labute approximate surface area is 114 Å². The average Bonchev–Trinajstić information content (AvgIpc) is 2.71. The van der Waals surface area contributed by atoms with E-state index in [4.69, 9.17) is 0 Å². The first-order valence-corrected chi connectivity index (χ1v) is 5.85. The Hall–Kier alpha value is -2.44. The fraction of sp³-hybridized carbons (Fsp3) is 0.231. The number of halogens is 2. The predicted octanol–water partition coefficient (Wildman–Crippen LogP) is 2.88. The molecule has 0 saturated carbocycles. The van der Waals surface area contributed by atoms with Gasteiger partial charge in [0.1, 0.15) is 5.75 Å². The number of H-pyrrole nitrogens is 1. The summed E-state index contributed by atoms with van der Waals surface area (Å²) in [5, 5.41) is 9.35. The van der Waals surface area contributed by atoms with Gasteiger partial charge in [-0.3, -0.25) is 9.89 Å². The number of carbonyl (C=O) groups is 1. The molecule has 5 nitrogen and oxygen atoms in total. The molecule has 20 heavy (non-hydrogen) atoms. The smallest absolute Gasteiger partial charge is 0.387 e. The number of aromatic amines is 1. The second-order valence-corrected chi connectivity index (χ2v) is 4.18. The third-order valence-electron chi connectivity index (χ3n) is 2.83. The lowest BCUT2D eigenvalue weighted by Gasteiger charge is -2.06. The summed E-state index contributed by atoms with van der Waals surface area (Å²) in [4.78, 5) is 12.0. The van der Waals surface area contributed by atoms with E-state index in [0.717, 1.165) is 11.3 Å². The van der Waals surface area contributed by atoms with Gasteiger partial charge in [-0.2, -0.15) is 13.9 Å². The van der Waals surface area contributed by atoms with Crippen LogP contribution in [0.15, 0.2) is 24.3 Å². The number of rotatable bonds is 4. The summed E-state index contributed by atoms with van der Waals surface area (Å²) in [6, 6.07) is 5.43. The Morgan fingerprint density at radius 3 is 2.45 bits per heavy atom. The first-order chi connectivity index (χ1) is 9.47. The summed E-state index contributed by atoms with van der Waals surface area (Å²) < 4.78 is 28.2.